The van der Waals surface area contributed by atoms with E-state index in [0.29, 0.717) is 25.7 Å². The number of rotatable bonds is 76. The molecule has 0 fully saturated rings. The normalized spacial score (nSPS) is 14.0. The maximum atomic E-state index is 13.1. The molecule has 3 N–H and O–H groups in total. The fourth-order valence-electron chi connectivity index (χ4n) is 11.8. The summed E-state index contributed by atoms with van der Waals surface area (Å²) < 4.78 is 68.6. The van der Waals surface area contributed by atoms with E-state index in [2.05, 4.69) is 41.5 Å². The molecule has 0 spiro atoms. The molecule has 2 unspecified atom stereocenters. The number of esters is 4. The van der Waals surface area contributed by atoms with Gasteiger partial charge in [0, 0.05) is 25.7 Å². The van der Waals surface area contributed by atoms with Gasteiger partial charge in [-0.05, 0) is 37.5 Å². The SMILES string of the molecule is CCCCCCCCCCCCCCCCCCCC(=O)O[C@H](COC(=O)CCCCCCCCCCCCCCC(C)C)COP(=O)(O)OC[C@@H](O)COP(=O)(O)OC[C@@H](COC(=O)CCCCCCCCCCCCCC)OC(=O)CCCCCCCCCCCC(C)C. The van der Waals surface area contributed by atoms with Crippen LogP contribution in [0.2, 0.25) is 0 Å². The molecule has 0 amide bonds. The van der Waals surface area contributed by atoms with Gasteiger partial charge in [-0.1, -0.05) is 350 Å². The first-order valence-electron chi connectivity index (χ1n) is 40.0. The molecule has 0 aliphatic heterocycles. The Morgan fingerprint density at radius 2 is 0.479 bits per heavy atom. The molecule has 0 aromatic carbocycles. The third-order valence-electron chi connectivity index (χ3n) is 18.0. The summed E-state index contributed by atoms with van der Waals surface area (Å²) in [4.78, 5) is 72.9. The van der Waals surface area contributed by atoms with Crippen LogP contribution in [0, 0.1) is 11.8 Å². The van der Waals surface area contributed by atoms with Gasteiger partial charge in [0.25, 0.3) is 0 Å². The molecule has 19 heteroatoms. The third-order valence-corrected chi connectivity index (χ3v) is 19.9. The van der Waals surface area contributed by atoms with Crippen LogP contribution in [0.1, 0.15) is 401 Å². The van der Waals surface area contributed by atoms with Crippen molar-refractivity contribution in [1.29, 1.82) is 0 Å². The van der Waals surface area contributed by atoms with Gasteiger partial charge in [0.1, 0.15) is 19.3 Å². The van der Waals surface area contributed by atoms with Crippen LogP contribution in [0.3, 0.4) is 0 Å². The average Bonchev–Trinajstić information content (AvgIpc) is 1.24. The number of phosphoric acid groups is 2. The second-order valence-electron chi connectivity index (χ2n) is 28.7. The van der Waals surface area contributed by atoms with Gasteiger partial charge in [0.2, 0.25) is 0 Å². The molecule has 0 aliphatic carbocycles. The predicted molar refractivity (Wildman–Crippen MR) is 391 cm³/mol. The lowest BCUT2D eigenvalue weighted by atomic mass is 10.0. The smallest absolute Gasteiger partial charge is 0.462 e. The van der Waals surface area contributed by atoms with E-state index in [1.165, 1.54) is 218 Å². The average molecular weight is 1410 g/mol. The number of hydrogen-bond donors (Lipinski definition) is 3. The van der Waals surface area contributed by atoms with Crippen molar-refractivity contribution in [2.45, 2.75) is 419 Å². The molecule has 96 heavy (non-hydrogen) atoms. The lowest BCUT2D eigenvalue weighted by Crippen LogP contribution is -2.30. The second kappa shape index (κ2) is 68.8. The molecule has 0 aromatic rings. The van der Waals surface area contributed by atoms with Gasteiger partial charge >= 0.3 is 39.5 Å². The highest BCUT2D eigenvalue weighted by atomic mass is 31.2. The van der Waals surface area contributed by atoms with Gasteiger partial charge in [-0.3, -0.25) is 37.3 Å². The molecular formula is C77H150O17P2. The van der Waals surface area contributed by atoms with Crippen molar-refractivity contribution in [2.75, 3.05) is 39.6 Å². The summed E-state index contributed by atoms with van der Waals surface area (Å²) in [5.41, 5.74) is 0. The number of carbonyl (C=O) groups excluding carboxylic acids is 4. The number of carbonyl (C=O) groups is 4. The van der Waals surface area contributed by atoms with Crippen molar-refractivity contribution in [3.05, 3.63) is 0 Å². The standard InChI is InChI=1S/C77H150O17P2/c1-7-9-11-13-15-17-19-21-22-23-24-25-31-37-43-49-55-61-76(81)93-72(65-88-75(80)60-54-48-42-36-30-27-26-28-33-39-45-51-57-69(3)4)67-91-95(83,84)89-63-71(78)64-90-96(85,86)92-68-73(94-77(82)62-56-50-44-38-32-34-40-46-52-58-70(5)6)66-87-74(79)59-53-47-41-35-29-20-18-16-14-12-10-8-2/h69-73,78H,7-68H2,1-6H3,(H,83,84)(H,85,86)/t71-,72-,73-/m1/s1. The molecule has 17 nitrogen and oxygen atoms in total. The first-order chi connectivity index (χ1) is 46.4. The highest BCUT2D eigenvalue weighted by Crippen LogP contribution is 2.45. The summed E-state index contributed by atoms with van der Waals surface area (Å²) in [6, 6.07) is 0. The second-order valence-corrected chi connectivity index (χ2v) is 31.6. The zero-order valence-electron chi connectivity index (χ0n) is 62.7. The summed E-state index contributed by atoms with van der Waals surface area (Å²) in [7, 11) is -9.91. The highest BCUT2D eigenvalue weighted by Gasteiger charge is 2.30. The maximum absolute atomic E-state index is 13.1. The largest absolute Gasteiger partial charge is 0.472 e. The Morgan fingerprint density at radius 1 is 0.281 bits per heavy atom. The molecule has 0 bridgehead atoms. The van der Waals surface area contributed by atoms with Crippen molar-refractivity contribution >= 4 is 39.5 Å². The minimum Gasteiger partial charge on any atom is -0.462 e. The number of ether oxygens (including phenoxy) is 4. The van der Waals surface area contributed by atoms with Gasteiger partial charge < -0.3 is 33.8 Å². The Kier molecular flexibility index (Phi) is 67.4. The monoisotopic (exact) mass is 1410 g/mol. The van der Waals surface area contributed by atoms with E-state index in [0.717, 1.165) is 102 Å². The molecule has 0 aliphatic rings. The maximum Gasteiger partial charge on any atom is 0.472 e. The number of hydrogen-bond acceptors (Lipinski definition) is 15. The third kappa shape index (κ3) is 70.5. The van der Waals surface area contributed by atoms with Gasteiger partial charge in [-0.2, -0.15) is 0 Å². The molecule has 5 atom stereocenters. The zero-order chi connectivity index (χ0) is 70.7. The molecule has 0 aromatic heterocycles. The summed E-state index contributed by atoms with van der Waals surface area (Å²) in [5, 5.41) is 10.6. The van der Waals surface area contributed by atoms with Gasteiger partial charge in [-0.15, -0.1) is 0 Å². The lowest BCUT2D eigenvalue weighted by Gasteiger charge is -2.21. The van der Waals surface area contributed by atoms with E-state index in [-0.39, 0.29) is 25.7 Å². The van der Waals surface area contributed by atoms with E-state index < -0.39 is 97.5 Å². The van der Waals surface area contributed by atoms with Crippen LogP contribution in [0.4, 0.5) is 0 Å². The summed E-state index contributed by atoms with van der Waals surface area (Å²) in [5.74, 6) is -0.594. The van der Waals surface area contributed by atoms with Crippen LogP contribution in [-0.4, -0.2) is 96.7 Å². The molecule has 0 heterocycles. The summed E-state index contributed by atoms with van der Waals surface area (Å²) in [6.07, 6.45) is 56.8. The molecule has 0 radical (unpaired) electrons. The van der Waals surface area contributed by atoms with E-state index in [1.54, 1.807) is 0 Å². The molecule has 0 saturated carbocycles. The Hall–Kier alpha value is -1.94. The Morgan fingerprint density at radius 3 is 0.708 bits per heavy atom. The molecular weight excluding hydrogens is 1260 g/mol. The van der Waals surface area contributed by atoms with Crippen LogP contribution >= 0.6 is 15.6 Å². The topological polar surface area (TPSA) is 237 Å². The van der Waals surface area contributed by atoms with Crippen molar-refractivity contribution in [3.8, 4) is 0 Å². The Bertz CT molecular complexity index is 1860. The first-order valence-corrected chi connectivity index (χ1v) is 43.0. The minimum absolute atomic E-state index is 0.106. The van der Waals surface area contributed by atoms with E-state index in [4.69, 9.17) is 37.0 Å². The van der Waals surface area contributed by atoms with E-state index >= 15 is 0 Å². The Balaban J connectivity index is 5.26. The molecule has 0 saturated heterocycles. The number of unbranched alkanes of at least 4 members (excludes halogenated alkanes) is 46. The van der Waals surface area contributed by atoms with Crippen molar-refractivity contribution < 1.29 is 80.2 Å². The summed E-state index contributed by atoms with van der Waals surface area (Å²) in [6.45, 7) is 9.60. The predicted octanol–water partition coefficient (Wildman–Crippen LogP) is 22.7. The van der Waals surface area contributed by atoms with Crippen LogP contribution in [-0.2, 0) is 65.4 Å². The fourth-order valence-corrected chi connectivity index (χ4v) is 13.4. The summed E-state index contributed by atoms with van der Waals surface area (Å²) >= 11 is 0. The first kappa shape index (κ1) is 94.1. The van der Waals surface area contributed by atoms with E-state index in [1.807, 2.05) is 0 Å². The quantitative estimate of drug-likeness (QED) is 0.0222. The number of aliphatic hydroxyl groups excluding tert-OH is 1. The van der Waals surface area contributed by atoms with Crippen LogP contribution in [0.15, 0.2) is 0 Å². The zero-order valence-corrected chi connectivity index (χ0v) is 64.5. The Labute approximate surface area is 588 Å². The highest BCUT2D eigenvalue weighted by molar-refractivity contribution is 7.47. The van der Waals surface area contributed by atoms with Crippen LogP contribution in [0.25, 0.3) is 0 Å². The molecule has 570 valence electrons. The molecule has 0 rings (SSSR count). The van der Waals surface area contributed by atoms with Crippen molar-refractivity contribution in [3.63, 3.8) is 0 Å². The number of aliphatic hydroxyl groups is 1. The van der Waals surface area contributed by atoms with Crippen LogP contribution in [0.5, 0.6) is 0 Å². The number of phosphoric ester groups is 2. The van der Waals surface area contributed by atoms with Gasteiger partial charge in [0.05, 0.1) is 26.4 Å². The van der Waals surface area contributed by atoms with Gasteiger partial charge in [0.15, 0.2) is 12.2 Å². The minimum atomic E-state index is -4.96. The van der Waals surface area contributed by atoms with Crippen LogP contribution < -0.4 is 0 Å². The fraction of sp³-hybridized carbons (Fsp3) is 0.948. The lowest BCUT2D eigenvalue weighted by molar-refractivity contribution is -0.161. The van der Waals surface area contributed by atoms with Crippen molar-refractivity contribution in [1.82, 2.24) is 0 Å². The van der Waals surface area contributed by atoms with E-state index in [9.17, 15) is 43.2 Å². The van der Waals surface area contributed by atoms with Crippen molar-refractivity contribution in [2.24, 2.45) is 11.8 Å². The van der Waals surface area contributed by atoms with Gasteiger partial charge in [-0.25, -0.2) is 9.13 Å².